The number of nitrogens with one attached hydrogen (secondary N) is 1. The van der Waals surface area contributed by atoms with Gasteiger partial charge in [-0.15, -0.1) is 0 Å². The first-order valence-electron chi connectivity index (χ1n) is 7.61. The zero-order valence-corrected chi connectivity index (χ0v) is 13.0. The Morgan fingerprint density at radius 1 is 1.23 bits per heavy atom. The second-order valence-electron chi connectivity index (χ2n) is 6.01. The van der Waals surface area contributed by atoms with E-state index in [2.05, 4.69) is 17.2 Å². The summed E-state index contributed by atoms with van der Waals surface area (Å²) >= 11 is 0. The Labute approximate surface area is 130 Å². The first-order chi connectivity index (χ1) is 10.6. The van der Waals surface area contributed by atoms with Crippen LogP contribution in [-0.4, -0.2) is 24.7 Å². The van der Waals surface area contributed by atoms with E-state index in [1.807, 2.05) is 31.3 Å². The molecule has 1 fully saturated rings. The van der Waals surface area contributed by atoms with Crippen molar-refractivity contribution in [2.24, 2.45) is 0 Å². The van der Waals surface area contributed by atoms with E-state index in [0.717, 1.165) is 42.1 Å². The van der Waals surface area contributed by atoms with E-state index in [4.69, 9.17) is 4.74 Å². The van der Waals surface area contributed by atoms with Gasteiger partial charge in [-0.1, -0.05) is 12.1 Å². The third-order valence-corrected chi connectivity index (χ3v) is 4.63. The standard InChI is InChI=1S/C18H21FN2O/c1-13-14(2)20-9-7-17(13)21-11-18(8-10-22-12-18)15-3-5-16(19)6-4-15/h3-7,9H,8,10-12H2,1-2H3,(H,20,21). The highest BCUT2D eigenvalue weighted by molar-refractivity contribution is 5.52. The molecule has 0 aliphatic carbocycles. The number of nitrogens with zero attached hydrogens (tertiary/aromatic N) is 1. The van der Waals surface area contributed by atoms with E-state index >= 15 is 0 Å². The lowest BCUT2D eigenvalue weighted by molar-refractivity contribution is 0.179. The predicted molar refractivity (Wildman–Crippen MR) is 85.7 cm³/mol. The van der Waals surface area contributed by atoms with Gasteiger partial charge in [-0.25, -0.2) is 4.39 Å². The van der Waals surface area contributed by atoms with Crippen LogP contribution in [0.1, 0.15) is 23.2 Å². The Bertz CT molecular complexity index is 649. The number of rotatable bonds is 4. The summed E-state index contributed by atoms with van der Waals surface area (Å²) in [6, 6.07) is 8.79. The Kier molecular flexibility index (Phi) is 4.12. The molecule has 1 N–H and O–H groups in total. The van der Waals surface area contributed by atoms with Gasteiger partial charge in [-0.2, -0.15) is 0 Å². The van der Waals surface area contributed by atoms with Crippen molar-refractivity contribution in [3.05, 3.63) is 59.2 Å². The molecule has 3 rings (SSSR count). The van der Waals surface area contributed by atoms with Crippen LogP contribution >= 0.6 is 0 Å². The molecule has 0 saturated carbocycles. The molecule has 1 aliphatic heterocycles. The summed E-state index contributed by atoms with van der Waals surface area (Å²) in [6.07, 6.45) is 2.76. The second kappa shape index (κ2) is 6.05. The molecule has 0 bridgehead atoms. The van der Waals surface area contributed by atoms with Crippen LogP contribution in [0.2, 0.25) is 0 Å². The Morgan fingerprint density at radius 2 is 2.00 bits per heavy atom. The zero-order chi connectivity index (χ0) is 15.6. The molecule has 0 radical (unpaired) electrons. The van der Waals surface area contributed by atoms with Gasteiger partial charge in [0.1, 0.15) is 5.82 Å². The molecule has 2 aromatic rings. The fourth-order valence-electron chi connectivity index (χ4n) is 2.98. The smallest absolute Gasteiger partial charge is 0.123 e. The SMILES string of the molecule is Cc1nccc(NCC2(c3ccc(F)cc3)CCOC2)c1C. The molecule has 4 heteroatoms. The molecule has 1 saturated heterocycles. The molecule has 1 aromatic carbocycles. The fourth-order valence-corrected chi connectivity index (χ4v) is 2.98. The molecule has 0 spiro atoms. The van der Waals surface area contributed by atoms with Crippen molar-refractivity contribution in [1.29, 1.82) is 0 Å². The van der Waals surface area contributed by atoms with E-state index in [1.165, 1.54) is 12.1 Å². The molecule has 1 unspecified atom stereocenters. The largest absolute Gasteiger partial charge is 0.384 e. The van der Waals surface area contributed by atoms with Gasteiger partial charge in [0.15, 0.2) is 0 Å². The summed E-state index contributed by atoms with van der Waals surface area (Å²) in [7, 11) is 0. The number of hydrogen-bond donors (Lipinski definition) is 1. The molecular formula is C18H21FN2O. The monoisotopic (exact) mass is 300 g/mol. The number of hydrogen-bond acceptors (Lipinski definition) is 3. The topological polar surface area (TPSA) is 34.2 Å². The van der Waals surface area contributed by atoms with Crippen molar-refractivity contribution in [2.75, 3.05) is 25.1 Å². The van der Waals surface area contributed by atoms with E-state index in [0.29, 0.717) is 6.61 Å². The van der Waals surface area contributed by atoms with Gasteiger partial charge >= 0.3 is 0 Å². The van der Waals surface area contributed by atoms with Crippen molar-refractivity contribution in [3.63, 3.8) is 0 Å². The van der Waals surface area contributed by atoms with Crippen LogP contribution in [0.15, 0.2) is 36.5 Å². The predicted octanol–water partition coefficient (Wildman–Crippen LogP) is 3.61. The zero-order valence-electron chi connectivity index (χ0n) is 13.0. The molecule has 1 aromatic heterocycles. The van der Waals surface area contributed by atoms with Crippen LogP contribution in [0.3, 0.4) is 0 Å². The van der Waals surface area contributed by atoms with Crippen molar-refractivity contribution in [2.45, 2.75) is 25.7 Å². The first kappa shape index (κ1) is 15.0. The lowest BCUT2D eigenvalue weighted by atomic mass is 9.79. The van der Waals surface area contributed by atoms with E-state index in [1.54, 1.807) is 0 Å². The minimum atomic E-state index is -0.202. The van der Waals surface area contributed by atoms with Gasteiger partial charge in [-0.05, 0) is 49.6 Å². The van der Waals surface area contributed by atoms with Crippen molar-refractivity contribution >= 4 is 5.69 Å². The summed E-state index contributed by atoms with van der Waals surface area (Å²) in [6.45, 7) is 6.25. The molecule has 0 amide bonds. The molecule has 1 aliphatic rings. The summed E-state index contributed by atoms with van der Waals surface area (Å²) in [4.78, 5) is 4.30. The molecular weight excluding hydrogens is 279 g/mol. The fraction of sp³-hybridized carbons (Fsp3) is 0.389. The number of pyridine rings is 1. The molecule has 1 atom stereocenters. The lowest BCUT2D eigenvalue weighted by Crippen LogP contribution is -2.35. The van der Waals surface area contributed by atoms with Gasteiger partial charge in [0.05, 0.1) is 6.61 Å². The summed E-state index contributed by atoms with van der Waals surface area (Å²) in [5, 5.41) is 3.54. The maximum atomic E-state index is 13.2. The van der Waals surface area contributed by atoms with Crippen LogP contribution in [0, 0.1) is 19.7 Å². The highest BCUT2D eigenvalue weighted by Gasteiger charge is 2.36. The normalized spacial score (nSPS) is 21.0. The third-order valence-electron chi connectivity index (χ3n) is 4.63. The minimum absolute atomic E-state index is 0.0999. The Morgan fingerprint density at radius 3 is 2.68 bits per heavy atom. The Hall–Kier alpha value is -1.94. The van der Waals surface area contributed by atoms with Crippen LogP contribution in [-0.2, 0) is 10.2 Å². The van der Waals surface area contributed by atoms with E-state index in [-0.39, 0.29) is 11.2 Å². The molecule has 2 heterocycles. The number of benzene rings is 1. The third kappa shape index (κ3) is 2.83. The Balaban J connectivity index is 1.83. The van der Waals surface area contributed by atoms with Crippen LogP contribution in [0.25, 0.3) is 0 Å². The highest BCUT2D eigenvalue weighted by atomic mass is 19.1. The average Bonchev–Trinajstić information content (AvgIpc) is 2.99. The maximum Gasteiger partial charge on any atom is 0.123 e. The summed E-state index contributed by atoms with van der Waals surface area (Å²) in [5.74, 6) is -0.202. The summed E-state index contributed by atoms with van der Waals surface area (Å²) in [5.41, 5.74) is 4.32. The van der Waals surface area contributed by atoms with Crippen LogP contribution < -0.4 is 5.32 Å². The molecule has 22 heavy (non-hydrogen) atoms. The van der Waals surface area contributed by atoms with Gasteiger partial charge in [0.2, 0.25) is 0 Å². The first-order valence-corrected chi connectivity index (χ1v) is 7.61. The number of anilines is 1. The second-order valence-corrected chi connectivity index (χ2v) is 6.01. The molecule has 3 nitrogen and oxygen atoms in total. The van der Waals surface area contributed by atoms with E-state index < -0.39 is 0 Å². The van der Waals surface area contributed by atoms with Crippen molar-refractivity contribution < 1.29 is 9.13 Å². The van der Waals surface area contributed by atoms with Crippen molar-refractivity contribution in [3.8, 4) is 0 Å². The number of aryl methyl sites for hydroxylation is 1. The summed E-state index contributed by atoms with van der Waals surface area (Å²) < 4.78 is 18.8. The van der Waals surface area contributed by atoms with Gasteiger partial charge in [-0.3, -0.25) is 4.98 Å². The number of aromatic nitrogens is 1. The quantitative estimate of drug-likeness (QED) is 0.936. The minimum Gasteiger partial charge on any atom is -0.384 e. The lowest BCUT2D eigenvalue weighted by Gasteiger charge is -2.29. The number of halogens is 1. The average molecular weight is 300 g/mol. The number of ether oxygens (including phenoxy) is 1. The van der Waals surface area contributed by atoms with Crippen molar-refractivity contribution in [1.82, 2.24) is 4.98 Å². The van der Waals surface area contributed by atoms with Gasteiger partial charge in [0, 0.05) is 36.1 Å². The van der Waals surface area contributed by atoms with E-state index in [9.17, 15) is 4.39 Å². The van der Waals surface area contributed by atoms with Gasteiger partial charge < -0.3 is 10.1 Å². The van der Waals surface area contributed by atoms with Crippen LogP contribution in [0.4, 0.5) is 10.1 Å². The molecule has 116 valence electrons. The van der Waals surface area contributed by atoms with Gasteiger partial charge in [0.25, 0.3) is 0 Å². The highest BCUT2D eigenvalue weighted by Crippen LogP contribution is 2.34. The van der Waals surface area contributed by atoms with Crippen LogP contribution in [0.5, 0.6) is 0 Å². The maximum absolute atomic E-state index is 13.2.